The Morgan fingerprint density at radius 3 is 1.20 bits per heavy atom. The summed E-state index contributed by atoms with van der Waals surface area (Å²) in [6.07, 6.45) is 0. The highest BCUT2D eigenvalue weighted by molar-refractivity contribution is 6.13. The predicted molar refractivity (Wildman–Crippen MR) is 334 cm³/mol. The number of benzene rings is 12. The highest BCUT2D eigenvalue weighted by Crippen LogP contribution is 2.50. The smallest absolute Gasteiger partial charge is 0.164 e. The Morgan fingerprint density at radius 1 is 0.247 bits per heavy atom. The number of aromatic nitrogens is 5. The third-order valence-electron chi connectivity index (χ3n) is 16.5. The van der Waals surface area contributed by atoms with Gasteiger partial charge in [0.2, 0.25) is 0 Å². The number of hydrogen-bond acceptors (Lipinski definition) is 3. The molecular formula is C76H49N5. The fourth-order valence-electron chi connectivity index (χ4n) is 12.8. The average molecular weight is 1030 g/mol. The molecule has 15 aromatic rings. The molecule has 1 aliphatic rings. The molecule has 0 unspecified atom stereocenters. The van der Waals surface area contributed by atoms with Gasteiger partial charge in [0.15, 0.2) is 17.5 Å². The Morgan fingerprint density at radius 2 is 0.642 bits per heavy atom. The van der Waals surface area contributed by atoms with E-state index < -0.39 is 0 Å². The van der Waals surface area contributed by atoms with Crippen LogP contribution in [0.2, 0.25) is 0 Å². The first kappa shape index (κ1) is 46.4. The number of para-hydroxylation sites is 2. The highest BCUT2D eigenvalue weighted by Gasteiger charge is 2.31. The van der Waals surface area contributed by atoms with Crippen molar-refractivity contribution in [1.29, 1.82) is 0 Å². The lowest BCUT2D eigenvalue weighted by molar-refractivity contribution is 1.02. The van der Waals surface area contributed by atoms with Crippen molar-refractivity contribution in [2.75, 3.05) is 0 Å². The minimum atomic E-state index is 0.0765. The molecule has 16 rings (SSSR count). The van der Waals surface area contributed by atoms with Crippen molar-refractivity contribution in [2.45, 2.75) is 5.92 Å². The van der Waals surface area contributed by atoms with E-state index in [1.807, 2.05) is 24.3 Å². The molecule has 81 heavy (non-hydrogen) atoms. The summed E-state index contributed by atoms with van der Waals surface area (Å²) in [7, 11) is 0. The van der Waals surface area contributed by atoms with Gasteiger partial charge in [0.05, 0.1) is 27.8 Å². The fourth-order valence-corrected chi connectivity index (χ4v) is 12.8. The third kappa shape index (κ3) is 7.73. The van der Waals surface area contributed by atoms with Gasteiger partial charge in [-0.15, -0.1) is 0 Å². The van der Waals surface area contributed by atoms with Crippen LogP contribution in [0.3, 0.4) is 0 Å². The van der Waals surface area contributed by atoms with Gasteiger partial charge in [-0.3, -0.25) is 0 Å². The summed E-state index contributed by atoms with van der Waals surface area (Å²) in [4.78, 5) is 15.9. The Labute approximate surface area is 469 Å². The van der Waals surface area contributed by atoms with Crippen molar-refractivity contribution >= 4 is 43.6 Å². The first-order valence-electron chi connectivity index (χ1n) is 27.7. The molecule has 378 valence electrons. The summed E-state index contributed by atoms with van der Waals surface area (Å²) in [6.45, 7) is 0. The molecule has 0 amide bonds. The SMILES string of the molecule is c1ccc(-c2ccc(-c3nc(-c4ccccc4)nc(-c4cc(-c5ccccc5)c(-n5c6ccc(C7c8ccccc8-c8ccccc87)cc6c6cc(-n7c8ccccc8c8ccccc87)ccc65)c(-c5ccccc5)c4)n3)cc2)cc1. The molecule has 0 saturated heterocycles. The zero-order valence-corrected chi connectivity index (χ0v) is 44.0. The Bertz CT molecular complexity index is 4750. The normalized spacial score (nSPS) is 12.1. The van der Waals surface area contributed by atoms with E-state index in [2.05, 4.69) is 276 Å². The van der Waals surface area contributed by atoms with Crippen LogP contribution in [0.4, 0.5) is 0 Å². The van der Waals surface area contributed by atoms with Crippen molar-refractivity contribution in [2.24, 2.45) is 0 Å². The van der Waals surface area contributed by atoms with Crippen molar-refractivity contribution in [3.63, 3.8) is 0 Å². The van der Waals surface area contributed by atoms with Crippen LogP contribution in [0, 0.1) is 0 Å². The van der Waals surface area contributed by atoms with E-state index in [0.29, 0.717) is 17.5 Å². The van der Waals surface area contributed by atoms with Gasteiger partial charge in [0.1, 0.15) is 0 Å². The van der Waals surface area contributed by atoms with Gasteiger partial charge in [-0.05, 0) is 105 Å². The zero-order chi connectivity index (χ0) is 53.4. The summed E-state index contributed by atoms with van der Waals surface area (Å²) in [5.74, 6) is 1.88. The minimum Gasteiger partial charge on any atom is -0.309 e. The summed E-state index contributed by atoms with van der Waals surface area (Å²) in [6, 6.07) is 105. The summed E-state index contributed by atoms with van der Waals surface area (Å²) >= 11 is 0. The number of rotatable bonds is 9. The topological polar surface area (TPSA) is 48.5 Å². The summed E-state index contributed by atoms with van der Waals surface area (Å²) in [5.41, 5.74) is 22.5. The Hall–Kier alpha value is -10.8. The molecule has 0 atom stereocenters. The largest absolute Gasteiger partial charge is 0.309 e. The van der Waals surface area contributed by atoms with Crippen LogP contribution in [0.5, 0.6) is 0 Å². The van der Waals surface area contributed by atoms with Gasteiger partial charge < -0.3 is 9.13 Å². The third-order valence-corrected chi connectivity index (χ3v) is 16.5. The van der Waals surface area contributed by atoms with Gasteiger partial charge in [-0.2, -0.15) is 0 Å². The van der Waals surface area contributed by atoms with Crippen LogP contribution < -0.4 is 0 Å². The van der Waals surface area contributed by atoms with Crippen LogP contribution in [-0.4, -0.2) is 24.1 Å². The number of nitrogens with zero attached hydrogens (tertiary/aromatic N) is 5. The average Bonchev–Trinajstić information content (AvgIpc) is 4.22. The quantitative estimate of drug-likeness (QED) is 0.145. The summed E-state index contributed by atoms with van der Waals surface area (Å²) < 4.78 is 4.96. The molecule has 1 aliphatic carbocycles. The van der Waals surface area contributed by atoms with E-state index in [4.69, 9.17) is 15.0 Å². The van der Waals surface area contributed by atoms with Gasteiger partial charge in [-0.25, -0.2) is 15.0 Å². The lowest BCUT2D eigenvalue weighted by Gasteiger charge is -2.21. The van der Waals surface area contributed by atoms with Gasteiger partial charge in [0.25, 0.3) is 0 Å². The maximum atomic E-state index is 5.39. The second-order valence-corrected chi connectivity index (χ2v) is 21.1. The first-order chi connectivity index (χ1) is 40.2. The molecule has 0 bridgehead atoms. The van der Waals surface area contributed by atoms with E-state index in [1.165, 1.54) is 60.4 Å². The van der Waals surface area contributed by atoms with E-state index in [9.17, 15) is 0 Å². The molecule has 0 N–H and O–H groups in total. The molecule has 3 heterocycles. The van der Waals surface area contributed by atoms with Crippen molar-refractivity contribution in [1.82, 2.24) is 24.1 Å². The molecule has 5 heteroatoms. The number of hydrogen-bond donors (Lipinski definition) is 0. The Kier molecular flexibility index (Phi) is 10.9. The molecule has 5 nitrogen and oxygen atoms in total. The van der Waals surface area contributed by atoms with Crippen molar-refractivity contribution < 1.29 is 0 Å². The molecule has 0 aliphatic heterocycles. The molecule has 0 fully saturated rings. The van der Waals surface area contributed by atoms with Gasteiger partial charge in [0, 0.05) is 61.0 Å². The number of fused-ring (bicyclic) bond motifs is 9. The lowest BCUT2D eigenvalue weighted by atomic mass is 9.88. The van der Waals surface area contributed by atoms with Gasteiger partial charge in [-0.1, -0.05) is 237 Å². The lowest BCUT2D eigenvalue weighted by Crippen LogP contribution is -2.04. The highest BCUT2D eigenvalue weighted by atomic mass is 15.0. The van der Waals surface area contributed by atoms with Crippen LogP contribution in [0.1, 0.15) is 22.6 Å². The monoisotopic (exact) mass is 1030 g/mol. The van der Waals surface area contributed by atoms with Crippen LogP contribution in [0.25, 0.3) is 134 Å². The second-order valence-electron chi connectivity index (χ2n) is 21.1. The zero-order valence-electron chi connectivity index (χ0n) is 44.0. The Balaban J connectivity index is 0.972. The fraction of sp³-hybridized carbons (Fsp3) is 0.0132. The molecule has 0 saturated carbocycles. The van der Waals surface area contributed by atoms with E-state index in [1.54, 1.807) is 0 Å². The van der Waals surface area contributed by atoms with Gasteiger partial charge >= 0.3 is 0 Å². The molecule has 0 radical (unpaired) electrons. The summed E-state index contributed by atoms with van der Waals surface area (Å²) in [5, 5.41) is 4.82. The maximum absolute atomic E-state index is 5.39. The standard InChI is InChI=1S/C76H49N5/c1-5-21-49(22-6-1)50-37-39-54(40-38-50)75-77-74(53-27-11-4-12-28-53)78-76(79-75)56-46-64(51-23-7-2-8-24-51)73(65(47-56)52-25-9-3-10-26-52)81-70-43-41-55(72-62-33-15-13-29-58(62)59-30-14-16-34-63(59)72)45-66(70)67-48-57(42-44-71(67)81)80-68-35-19-17-31-60(68)61-32-18-20-36-69(61)80/h1-48,72H. The molecular weight excluding hydrogens is 983 g/mol. The van der Waals surface area contributed by atoms with Crippen molar-refractivity contribution in [3.8, 4) is 90.0 Å². The van der Waals surface area contributed by atoms with Crippen molar-refractivity contribution in [3.05, 3.63) is 308 Å². The second kappa shape index (κ2) is 19.0. The van der Waals surface area contributed by atoms with Crippen LogP contribution in [-0.2, 0) is 0 Å². The maximum Gasteiger partial charge on any atom is 0.164 e. The molecule has 12 aromatic carbocycles. The van der Waals surface area contributed by atoms with Crippen LogP contribution in [0.15, 0.2) is 291 Å². The van der Waals surface area contributed by atoms with E-state index in [-0.39, 0.29) is 5.92 Å². The minimum absolute atomic E-state index is 0.0765. The van der Waals surface area contributed by atoms with E-state index >= 15 is 0 Å². The van der Waals surface area contributed by atoms with E-state index in [0.717, 1.165) is 72.5 Å². The predicted octanol–water partition coefficient (Wildman–Crippen LogP) is 19.2. The first-order valence-corrected chi connectivity index (χ1v) is 27.7. The molecule has 3 aromatic heterocycles. The van der Waals surface area contributed by atoms with Crippen LogP contribution >= 0.6 is 0 Å². The molecule has 0 spiro atoms.